The first kappa shape index (κ1) is 21.1. The lowest BCUT2D eigenvalue weighted by atomic mass is 10.2. The molecule has 0 spiro atoms. The Balaban J connectivity index is 1.51. The summed E-state index contributed by atoms with van der Waals surface area (Å²) in [5.74, 6) is 1.95. The van der Waals surface area contributed by atoms with Gasteiger partial charge in [-0.05, 0) is 43.3 Å². The summed E-state index contributed by atoms with van der Waals surface area (Å²) in [5, 5.41) is 13.2. The van der Waals surface area contributed by atoms with Gasteiger partial charge in [-0.15, -0.1) is 10.2 Å². The number of thioether (sulfide) groups is 1. The Hall–Kier alpha value is -3.17. The molecule has 0 fully saturated rings. The highest BCUT2D eigenvalue weighted by Gasteiger charge is 2.17. The number of hydrogen-bond donors (Lipinski definition) is 1. The van der Waals surface area contributed by atoms with E-state index in [9.17, 15) is 4.79 Å². The maximum absolute atomic E-state index is 12.2. The van der Waals surface area contributed by atoms with Crippen molar-refractivity contribution in [2.75, 3.05) is 5.75 Å². The number of aromatic nitrogens is 3. The summed E-state index contributed by atoms with van der Waals surface area (Å²) in [6.07, 6.45) is 1.47. The van der Waals surface area contributed by atoms with Gasteiger partial charge < -0.3 is 4.42 Å². The van der Waals surface area contributed by atoms with Crippen molar-refractivity contribution in [3.05, 3.63) is 82.7 Å². The largest absolute Gasteiger partial charge is 0.460 e. The van der Waals surface area contributed by atoms with Gasteiger partial charge in [-0.1, -0.05) is 58.0 Å². The Bertz CT molecular complexity index is 1200. The molecule has 0 saturated heterocycles. The molecule has 2 aromatic heterocycles. The summed E-state index contributed by atoms with van der Waals surface area (Å²) < 4.78 is 8.30. The van der Waals surface area contributed by atoms with E-state index >= 15 is 0 Å². The van der Waals surface area contributed by atoms with E-state index in [-0.39, 0.29) is 11.7 Å². The highest BCUT2D eigenvalue weighted by atomic mass is 79.9. The number of furan rings is 1. The van der Waals surface area contributed by atoms with Crippen LogP contribution < -0.4 is 5.43 Å². The Morgan fingerprint density at radius 3 is 2.61 bits per heavy atom. The van der Waals surface area contributed by atoms with Crippen LogP contribution in [-0.4, -0.2) is 32.6 Å². The Kier molecular flexibility index (Phi) is 6.63. The molecule has 0 atom stereocenters. The lowest BCUT2D eigenvalue weighted by molar-refractivity contribution is -0.118. The van der Waals surface area contributed by atoms with Crippen molar-refractivity contribution in [3.63, 3.8) is 0 Å². The van der Waals surface area contributed by atoms with Crippen LogP contribution in [0.1, 0.15) is 11.5 Å². The zero-order valence-corrected chi connectivity index (χ0v) is 18.9. The van der Waals surface area contributed by atoms with Crippen molar-refractivity contribution in [2.45, 2.75) is 12.1 Å². The van der Waals surface area contributed by atoms with E-state index in [0.717, 1.165) is 21.5 Å². The molecule has 1 N–H and O–H groups in total. The van der Waals surface area contributed by atoms with Crippen LogP contribution in [0.2, 0.25) is 0 Å². The molecule has 31 heavy (non-hydrogen) atoms. The summed E-state index contributed by atoms with van der Waals surface area (Å²) in [7, 11) is 0. The normalized spacial score (nSPS) is 11.2. The highest BCUT2D eigenvalue weighted by molar-refractivity contribution is 9.10. The monoisotopic (exact) mass is 495 g/mol. The van der Waals surface area contributed by atoms with Gasteiger partial charge in [0.05, 0.1) is 12.0 Å². The minimum absolute atomic E-state index is 0.137. The molecule has 2 aromatic carbocycles. The molecule has 0 unspecified atom stereocenters. The minimum atomic E-state index is -0.254. The van der Waals surface area contributed by atoms with Gasteiger partial charge in [0, 0.05) is 15.7 Å². The lowest BCUT2D eigenvalue weighted by Gasteiger charge is -2.10. The summed E-state index contributed by atoms with van der Waals surface area (Å²) in [6.45, 7) is 1.85. The number of benzene rings is 2. The SMILES string of the molecule is Cc1ccc(/C=N\NC(=O)CSc2nnc(-c3ccccc3)n2-c2ccc(Br)cc2)o1. The zero-order valence-electron chi connectivity index (χ0n) is 16.5. The van der Waals surface area contributed by atoms with Gasteiger partial charge in [-0.2, -0.15) is 5.10 Å². The van der Waals surface area contributed by atoms with Crippen LogP contribution in [0.5, 0.6) is 0 Å². The molecule has 0 aliphatic carbocycles. The molecular weight excluding hydrogens is 478 g/mol. The van der Waals surface area contributed by atoms with Gasteiger partial charge in [-0.3, -0.25) is 9.36 Å². The molecule has 0 aliphatic heterocycles. The summed E-state index contributed by atoms with van der Waals surface area (Å²) in [5.41, 5.74) is 4.34. The van der Waals surface area contributed by atoms with Gasteiger partial charge in [-0.25, -0.2) is 5.43 Å². The number of hydrogen-bond acceptors (Lipinski definition) is 6. The Labute approximate surface area is 191 Å². The third-order valence-corrected chi connectivity index (χ3v) is 5.68. The molecule has 4 rings (SSSR count). The fraction of sp³-hybridized carbons (Fsp3) is 0.0909. The lowest BCUT2D eigenvalue weighted by Crippen LogP contribution is -2.19. The molecule has 4 aromatic rings. The maximum atomic E-state index is 12.2. The third kappa shape index (κ3) is 5.31. The van der Waals surface area contributed by atoms with Crippen molar-refractivity contribution < 1.29 is 9.21 Å². The second kappa shape index (κ2) is 9.76. The fourth-order valence-electron chi connectivity index (χ4n) is 2.81. The van der Waals surface area contributed by atoms with E-state index in [2.05, 4.69) is 36.7 Å². The van der Waals surface area contributed by atoms with Crippen LogP contribution in [0.4, 0.5) is 0 Å². The number of carbonyl (C=O) groups excluding carboxylic acids is 1. The summed E-state index contributed by atoms with van der Waals surface area (Å²) in [6, 6.07) is 21.3. The Morgan fingerprint density at radius 1 is 1.13 bits per heavy atom. The predicted molar refractivity (Wildman–Crippen MR) is 124 cm³/mol. The number of halogens is 1. The topological polar surface area (TPSA) is 85.3 Å². The van der Waals surface area contributed by atoms with Gasteiger partial charge in [0.15, 0.2) is 11.0 Å². The first-order valence-corrected chi connectivity index (χ1v) is 11.2. The average molecular weight is 496 g/mol. The van der Waals surface area contributed by atoms with Crippen LogP contribution in [0.15, 0.2) is 85.9 Å². The van der Waals surface area contributed by atoms with Crippen molar-refractivity contribution in [2.24, 2.45) is 5.10 Å². The molecule has 9 heteroatoms. The van der Waals surface area contributed by atoms with E-state index in [1.54, 1.807) is 6.07 Å². The van der Waals surface area contributed by atoms with Crippen LogP contribution in [0, 0.1) is 6.92 Å². The number of nitrogens with one attached hydrogen (secondary N) is 1. The summed E-state index contributed by atoms with van der Waals surface area (Å²) in [4.78, 5) is 12.2. The van der Waals surface area contributed by atoms with E-state index in [1.165, 1.54) is 18.0 Å². The second-order valence-electron chi connectivity index (χ2n) is 6.51. The molecule has 0 radical (unpaired) electrons. The average Bonchev–Trinajstić information content (AvgIpc) is 3.39. The smallest absolute Gasteiger partial charge is 0.250 e. The molecule has 156 valence electrons. The van der Waals surface area contributed by atoms with E-state index < -0.39 is 0 Å². The van der Waals surface area contributed by atoms with Crippen molar-refractivity contribution in [1.29, 1.82) is 0 Å². The van der Waals surface area contributed by atoms with Gasteiger partial charge in [0.1, 0.15) is 11.5 Å². The zero-order chi connectivity index (χ0) is 21.6. The van der Waals surface area contributed by atoms with Crippen molar-refractivity contribution >= 4 is 39.8 Å². The molecular formula is C22H18BrN5O2S. The molecule has 0 aliphatic rings. The first-order chi connectivity index (χ1) is 15.1. The first-order valence-electron chi connectivity index (χ1n) is 9.38. The number of aryl methyl sites for hydroxylation is 1. The standard InChI is InChI=1S/C22H18BrN5O2S/c1-15-7-12-19(30-15)13-24-25-20(29)14-31-22-27-26-21(16-5-3-2-4-6-16)28(22)18-10-8-17(23)9-11-18/h2-13H,14H2,1H3,(H,25,29)/b24-13-. The van der Waals surface area contributed by atoms with Gasteiger partial charge in [0.25, 0.3) is 5.91 Å². The quantitative estimate of drug-likeness (QED) is 0.225. The van der Waals surface area contributed by atoms with E-state index in [0.29, 0.717) is 16.7 Å². The maximum Gasteiger partial charge on any atom is 0.250 e. The number of carbonyl (C=O) groups is 1. The second-order valence-corrected chi connectivity index (χ2v) is 8.37. The summed E-state index contributed by atoms with van der Waals surface area (Å²) >= 11 is 4.75. The molecule has 0 saturated carbocycles. The van der Waals surface area contributed by atoms with Crippen LogP contribution in [-0.2, 0) is 4.79 Å². The predicted octanol–water partition coefficient (Wildman–Crippen LogP) is 4.84. The number of amides is 1. The van der Waals surface area contributed by atoms with Crippen LogP contribution in [0.25, 0.3) is 17.1 Å². The molecule has 7 nitrogen and oxygen atoms in total. The molecule has 2 heterocycles. The van der Waals surface area contributed by atoms with Crippen LogP contribution in [0.3, 0.4) is 0 Å². The van der Waals surface area contributed by atoms with Gasteiger partial charge in [0.2, 0.25) is 0 Å². The number of rotatable bonds is 7. The molecule has 0 bridgehead atoms. The molecule has 1 amide bonds. The van der Waals surface area contributed by atoms with Gasteiger partial charge >= 0.3 is 0 Å². The number of hydrazone groups is 1. The third-order valence-electron chi connectivity index (χ3n) is 4.22. The van der Waals surface area contributed by atoms with E-state index in [1.807, 2.05) is 72.2 Å². The van der Waals surface area contributed by atoms with Crippen LogP contribution >= 0.6 is 27.7 Å². The highest BCUT2D eigenvalue weighted by Crippen LogP contribution is 2.28. The minimum Gasteiger partial charge on any atom is -0.460 e. The van der Waals surface area contributed by atoms with Crippen molar-refractivity contribution in [1.82, 2.24) is 20.2 Å². The fourth-order valence-corrected chi connectivity index (χ4v) is 3.82. The number of nitrogens with zero attached hydrogens (tertiary/aromatic N) is 4. The Morgan fingerprint density at radius 2 is 1.90 bits per heavy atom. The van der Waals surface area contributed by atoms with E-state index in [4.69, 9.17) is 4.42 Å². The van der Waals surface area contributed by atoms with Crippen molar-refractivity contribution in [3.8, 4) is 17.1 Å².